The number of para-hydroxylation sites is 1. The summed E-state index contributed by atoms with van der Waals surface area (Å²) in [5.74, 6) is 0.752. The van der Waals surface area contributed by atoms with Crippen molar-refractivity contribution in [3.63, 3.8) is 0 Å². The van der Waals surface area contributed by atoms with Crippen molar-refractivity contribution in [2.24, 2.45) is 4.99 Å². The predicted octanol–water partition coefficient (Wildman–Crippen LogP) is 3.60. The number of hydrogen-bond acceptors (Lipinski definition) is 3. The molecule has 0 saturated carbocycles. The number of benzene rings is 2. The first-order valence-corrected chi connectivity index (χ1v) is 10.7. The fraction of sp³-hybridized carbons (Fsp3) is 0.240. The van der Waals surface area contributed by atoms with Crippen molar-refractivity contribution in [1.82, 2.24) is 30.2 Å². The summed E-state index contributed by atoms with van der Waals surface area (Å²) >= 11 is 0. The minimum atomic E-state index is 0.642. The maximum absolute atomic E-state index is 4.64. The first kappa shape index (κ1) is 21.4. The third kappa shape index (κ3) is 5.06. The van der Waals surface area contributed by atoms with Crippen molar-refractivity contribution < 1.29 is 0 Å². The van der Waals surface area contributed by atoms with E-state index < -0.39 is 0 Å². The normalized spacial score (nSPS) is 11.5. The SMILES string of the molecule is CN=C(NCc1ccccc1Cn1cccn1)NCc1ccccc1-n1nc(C)cc1C. The van der Waals surface area contributed by atoms with Gasteiger partial charge in [0.2, 0.25) is 0 Å². The topological polar surface area (TPSA) is 72.1 Å². The Morgan fingerprint density at radius 1 is 0.906 bits per heavy atom. The van der Waals surface area contributed by atoms with E-state index in [0.29, 0.717) is 13.1 Å². The van der Waals surface area contributed by atoms with Crippen LogP contribution < -0.4 is 10.6 Å². The highest BCUT2D eigenvalue weighted by molar-refractivity contribution is 5.79. The van der Waals surface area contributed by atoms with Crippen LogP contribution in [-0.2, 0) is 19.6 Å². The van der Waals surface area contributed by atoms with Gasteiger partial charge in [-0.2, -0.15) is 10.2 Å². The number of aromatic nitrogens is 4. The van der Waals surface area contributed by atoms with Crippen LogP contribution in [0.1, 0.15) is 28.1 Å². The third-order valence-electron chi connectivity index (χ3n) is 5.36. The second-order valence-corrected chi connectivity index (χ2v) is 7.72. The molecule has 4 aromatic rings. The number of nitrogens with one attached hydrogen (secondary N) is 2. The van der Waals surface area contributed by atoms with Gasteiger partial charge in [-0.25, -0.2) is 4.68 Å². The molecular weight excluding hydrogens is 398 g/mol. The van der Waals surface area contributed by atoms with E-state index in [1.54, 1.807) is 13.2 Å². The molecule has 32 heavy (non-hydrogen) atoms. The molecule has 0 unspecified atom stereocenters. The highest BCUT2D eigenvalue weighted by atomic mass is 15.3. The van der Waals surface area contributed by atoms with E-state index >= 15 is 0 Å². The van der Waals surface area contributed by atoms with Gasteiger partial charge < -0.3 is 10.6 Å². The summed E-state index contributed by atoms with van der Waals surface area (Å²) in [7, 11) is 1.79. The number of aliphatic imine (C=N–C) groups is 1. The molecule has 0 atom stereocenters. The molecule has 0 fully saturated rings. The van der Waals surface area contributed by atoms with Crippen LogP contribution in [0.15, 0.2) is 78.0 Å². The first-order valence-electron chi connectivity index (χ1n) is 10.7. The first-order chi connectivity index (χ1) is 15.6. The quantitative estimate of drug-likeness (QED) is 0.349. The van der Waals surface area contributed by atoms with E-state index in [2.05, 4.69) is 75.2 Å². The van der Waals surface area contributed by atoms with Crippen molar-refractivity contribution in [2.45, 2.75) is 33.5 Å². The largest absolute Gasteiger partial charge is 0.352 e. The fourth-order valence-corrected chi connectivity index (χ4v) is 3.77. The smallest absolute Gasteiger partial charge is 0.191 e. The molecule has 2 aromatic heterocycles. The Morgan fingerprint density at radius 2 is 1.59 bits per heavy atom. The summed E-state index contributed by atoms with van der Waals surface area (Å²) in [6, 6.07) is 20.7. The van der Waals surface area contributed by atoms with Gasteiger partial charge in [-0.3, -0.25) is 9.67 Å². The van der Waals surface area contributed by atoms with E-state index in [4.69, 9.17) is 0 Å². The molecule has 7 heteroatoms. The zero-order chi connectivity index (χ0) is 22.3. The maximum Gasteiger partial charge on any atom is 0.191 e. The van der Waals surface area contributed by atoms with Gasteiger partial charge in [-0.15, -0.1) is 0 Å². The monoisotopic (exact) mass is 427 g/mol. The molecule has 7 nitrogen and oxygen atoms in total. The van der Waals surface area contributed by atoms with Gasteiger partial charge in [0.15, 0.2) is 5.96 Å². The molecule has 0 aliphatic carbocycles. The lowest BCUT2D eigenvalue weighted by molar-refractivity contribution is 0.677. The van der Waals surface area contributed by atoms with Crippen LogP contribution in [0.3, 0.4) is 0 Å². The molecule has 164 valence electrons. The van der Waals surface area contributed by atoms with Crippen LogP contribution in [0.4, 0.5) is 0 Å². The van der Waals surface area contributed by atoms with E-state index in [1.807, 2.05) is 40.7 Å². The molecule has 0 saturated heterocycles. The Balaban J connectivity index is 1.42. The summed E-state index contributed by atoms with van der Waals surface area (Å²) < 4.78 is 3.93. The number of rotatable bonds is 7. The molecule has 0 spiro atoms. The summed E-state index contributed by atoms with van der Waals surface area (Å²) in [5, 5.41) is 15.8. The van der Waals surface area contributed by atoms with Crippen LogP contribution in [0, 0.1) is 13.8 Å². The number of guanidine groups is 1. The lowest BCUT2D eigenvalue weighted by atomic mass is 10.1. The summed E-state index contributed by atoms with van der Waals surface area (Å²) in [5.41, 5.74) is 6.80. The van der Waals surface area contributed by atoms with Crippen molar-refractivity contribution in [3.8, 4) is 5.69 Å². The molecule has 0 radical (unpaired) electrons. The van der Waals surface area contributed by atoms with Crippen molar-refractivity contribution >= 4 is 5.96 Å². The summed E-state index contributed by atoms with van der Waals surface area (Å²) in [4.78, 5) is 4.40. The molecule has 4 rings (SSSR count). The summed E-state index contributed by atoms with van der Waals surface area (Å²) in [6.07, 6.45) is 3.78. The molecule has 0 aliphatic rings. The molecule has 0 bridgehead atoms. The minimum Gasteiger partial charge on any atom is -0.352 e. The lowest BCUT2D eigenvalue weighted by Crippen LogP contribution is -2.36. The molecule has 2 aromatic carbocycles. The Morgan fingerprint density at radius 3 is 2.25 bits per heavy atom. The number of nitrogens with zero attached hydrogens (tertiary/aromatic N) is 5. The van der Waals surface area contributed by atoms with E-state index in [1.165, 1.54) is 11.1 Å². The van der Waals surface area contributed by atoms with Gasteiger partial charge in [0.05, 0.1) is 17.9 Å². The summed E-state index contributed by atoms with van der Waals surface area (Å²) in [6.45, 7) is 6.15. The van der Waals surface area contributed by atoms with Gasteiger partial charge in [-0.05, 0) is 48.7 Å². The number of hydrogen-bond donors (Lipinski definition) is 2. The second kappa shape index (κ2) is 9.96. The zero-order valence-electron chi connectivity index (χ0n) is 18.8. The van der Waals surface area contributed by atoms with Crippen LogP contribution in [-0.4, -0.2) is 32.6 Å². The van der Waals surface area contributed by atoms with E-state index in [9.17, 15) is 0 Å². The molecule has 2 N–H and O–H groups in total. The predicted molar refractivity (Wildman–Crippen MR) is 128 cm³/mol. The zero-order valence-corrected chi connectivity index (χ0v) is 18.8. The molecular formula is C25H29N7. The van der Waals surface area contributed by atoms with Crippen molar-refractivity contribution in [2.75, 3.05) is 7.05 Å². The van der Waals surface area contributed by atoms with Crippen LogP contribution in [0.2, 0.25) is 0 Å². The Kier molecular flexibility index (Phi) is 6.65. The van der Waals surface area contributed by atoms with Crippen LogP contribution >= 0.6 is 0 Å². The Labute approximate surface area is 188 Å². The van der Waals surface area contributed by atoms with Crippen molar-refractivity contribution in [1.29, 1.82) is 0 Å². The third-order valence-corrected chi connectivity index (χ3v) is 5.36. The lowest BCUT2D eigenvalue weighted by Gasteiger charge is -2.16. The Bertz CT molecular complexity index is 1190. The highest BCUT2D eigenvalue weighted by Gasteiger charge is 2.10. The van der Waals surface area contributed by atoms with Gasteiger partial charge in [0, 0.05) is 38.2 Å². The van der Waals surface area contributed by atoms with E-state index in [-0.39, 0.29) is 0 Å². The minimum absolute atomic E-state index is 0.642. The average Bonchev–Trinajstić information content (AvgIpc) is 3.44. The van der Waals surface area contributed by atoms with E-state index in [0.717, 1.165) is 35.1 Å². The number of aryl methyl sites for hydroxylation is 2. The molecule has 2 heterocycles. The average molecular weight is 428 g/mol. The standard InChI is InChI=1S/C25H29N7/c1-19-15-20(2)32(30-19)24-12-7-6-10-22(24)17-28-25(26-3)27-16-21-9-4-5-11-23(21)18-31-14-8-13-29-31/h4-15H,16-18H2,1-3H3,(H2,26,27,28). The van der Waals surface area contributed by atoms with Gasteiger partial charge in [-0.1, -0.05) is 42.5 Å². The Hall–Kier alpha value is -3.87. The molecule has 0 aliphatic heterocycles. The maximum atomic E-state index is 4.64. The molecule has 0 amide bonds. The van der Waals surface area contributed by atoms with Crippen molar-refractivity contribution in [3.05, 3.63) is 101 Å². The highest BCUT2D eigenvalue weighted by Crippen LogP contribution is 2.17. The second-order valence-electron chi connectivity index (χ2n) is 7.72. The van der Waals surface area contributed by atoms with Gasteiger partial charge >= 0.3 is 0 Å². The fourth-order valence-electron chi connectivity index (χ4n) is 3.77. The van der Waals surface area contributed by atoms with Crippen LogP contribution in [0.5, 0.6) is 0 Å². The van der Waals surface area contributed by atoms with Gasteiger partial charge in [0.25, 0.3) is 0 Å². The van der Waals surface area contributed by atoms with Crippen LogP contribution in [0.25, 0.3) is 5.69 Å². The van der Waals surface area contributed by atoms with Gasteiger partial charge in [0.1, 0.15) is 0 Å².